The van der Waals surface area contributed by atoms with E-state index < -0.39 is 12.1 Å². The van der Waals surface area contributed by atoms with Gasteiger partial charge in [0.15, 0.2) is 0 Å². The molecular weight excluding hydrogens is 387 g/mol. The van der Waals surface area contributed by atoms with Gasteiger partial charge < -0.3 is 24.3 Å². The molecule has 8 heteroatoms. The molecule has 0 heterocycles. The number of aryl methyl sites for hydroxylation is 1. The van der Waals surface area contributed by atoms with E-state index in [1.54, 1.807) is 0 Å². The lowest BCUT2D eigenvalue weighted by atomic mass is 10.2. The Kier molecular flexibility index (Phi) is 9.85. The summed E-state index contributed by atoms with van der Waals surface area (Å²) in [6.07, 6.45) is -4.08. The van der Waals surface area contributed by atoms with Crippen LogP contribution in [0.5, 0.6) is 11.5 Å². The molecule has 160 valence electrons. The first kappa shape index (κ1) is 24.1. The normalized spacial score (nSPS) is 10.6. The van der Waals surface area contributed by atoms with Crippen LogP contribution in [0.15, 0.2) is 48.5 Å². The molecule has 0 atom stereocenters. The molecule has 0 aromatic heterocycles. The third kappa shape index (κ3) is 9.23. The summed E-state index contributed by atoms with van der Waals surface area (Å²) in [5.74, 6) is -1.22. The summed E-state index contributed by atoms with van der Waals surface area (Å²) in [5.41, 5.74) is 2.36. The molecule has 5 nitrogen and oxygen atoms in total. The number of carbonyl (C=O) groups excluding carboxylic acids is 1. The molecule has 0 bridgehead atoms. The van der Waals surface area contributed by atoms with E-state index in [1.807, 2.05) is 42.5 Å². The lowest BCUT2D eigenvalue weighted by Crippen LogP contribution is -2.37. The Morgan fingerprint density at radius 1 is 1.03 bits per heavy atom. The summed E-state index contributed by atoms with van der Waals surface area (Å²) in [4.78, 5) is 11.0. The Labute approximate surface area is 168 Å². The largest absolute Gasteiger partial charge is 0.542 e. The van der Waals surface area contributed by atoms with Crippen LogP contribution in [-0.2, 0) is 4.79 Å². The summed E-state index contributed by atoms with van der Waals surface area (Å²) in [5, 5.41) is 8.78. The van der Waals surface area contributed by atoms with E-state index in [0.29, 0.717) is 13.2 Å². The monoisotopic (exact) mass is 412 g/mol. The van der Waals surface area contributed by atoms with Gasteiger partial charge in [0.05, 0.1) is 5.69 Å². The van der Waals surface area contributed by atoms with Crippen molar-refractivity contribution in [1.82, 2.24) is 0 Å². The van der Waals surface area contributed by atoms with E-state index in [4.69, 9.17) is 19.4 Å². The average molecular weight is 412 g/mol. The van der Waals surface area contributed by atoms with Gasteiger partial charge in [-0.25, -0.2) is 0 Å². The van der Waals surface area contributed by atoms with Gasteiger partial charge in [0.25, 0.3) is 0 Å². The fourth-order valence-electron chi connectivity index (χ4n) is 2.30. The minimum atomic E-state index is -5.19. The number of para-hydroxylation sites is 2. The van der Waals surface area contributed by atoms with Crippen molar-refractivity contribution >= 4 is 11.7 Å². The Morgan fingerprint density at radius 2 is 1.59 bits per heavy atom. The van der Waals surface area contributed by atoms with Crippen molar-refractivity contribution in [2.24, 2.45) is 0 Å². The van der Waals surface area contributed by atoms with Crippen LogP contribution in [0.1, 0.15) is 18.9 Å². The smallest absolute Gasteiger partial charge is 0.430 e. The van der Waals surface area contributed by atoms with Gasteiger partial charge in [-0.3, -0.25) is 0 Å². The van der Waals surface area contributed by atoms with Crippen molar-refractivity contribution in [3.63, 3.8) is 0 Å². The first-order chi connectivity index (χ1) is 13.6. The predicted octanol–water partition coefficient (Wildman–Crippen LogP) is 3.60. The molecule has 0 amide bonds. The van der Waals surface area contributed by atoms with Crippen LogP contribution in [0.3, 0.4) is 0 Å². The Balaban J connectivity index is 0.000000516. The Bertz CT molecular complexity index is 748. The van der Waals surface area contributed by atoms with Crippen LogP contribution >= 0.6 is 0 Å². The van der Waals surface area contributed by atoms with Crippen LogP contribution in [0.25, 0.3) is 0 Å². The van der Waals surface area contributed by atoms with Gasteiger partial charge in [-0.15, -0.1) is 0 Å². The zero-order valence-electron chi connectivity index (χ0n) is 16.7. The topological polar surface area (TPSA) is 61.8 Å². The van der Waals surface area contributed by atoms with Crippen molar-refractivity contribution in [3.05, 3.63) is 54.1 Å². The molecule has 2 rings (SSSR count). The summed E-state index contributed by atoms with van der Waals surface area (Å²) < 4.78 is 43.1. The van der Waals surface area contributed by atoms with Crippen molar-refractivity contribution in [2.75, 3.05) is 31.7 Å². The minimum absolute atomic E-state index is 0.533. The van der Waals surface area contributed by atoms with E-state index in [9.17, 15) is 13.2 Å². The van der Waals surface area contributed by atoms with Crippen LogP contribution < -0.4 is 19.5 Å². The van der Waals surface area contributed by atoms with Gasteiger partial charge in [-0.2, -0.15) is 13.2 Å². The minimum Gasteiger partial charge on any atom is -0.542 e. The molecule has 0 aliphatic carbocycles. The maximum absolute atomic E-state index is 10.5. The number of nitrogens with zero attached hydrogens (tertiary/aromatic N) is 1. The maximum Gasteiger partial charge on any atom is 0.430 e. The fourth-order valence-corrected chi connectivity index (χ4v) is 2.30. The standard InChI is InChI=1S/C19H25NO2.C2HF3O2/c1-4-13-20(3)18-7-5-6-8-19(18)22-15-14-21-17-11-9-16(2)10-12-17;3-2(4,5)1(6)7/h5-12H,4,13-15H2,1-3H3;(H,6,7)/p-1. The Hall–Kier alpha value is -2.90. The highest BCUT2D eigenvalue weighted by Gasteiger charge is 2.28. The number of benzene rings is 2. The average Bonchev–Trinajstić information content (AvgIpc) is 2.67. The number of carbonyl (C=O) groups is 1. The number of aliphatic carboxylic acids is 1. The van der Waals surface area contributed by atoms with Gasteiger partial charge in [0.2, 0.25) is 0 Å². The van der Waals surface area contributed by atoms with E-state index in [0.717, 1.165) is 30.2 Å². The maximum atomic E-state index is 10.5. The molecule has 0 aliphatic heterocycles. The van der Waals surface area contributed by atoms with Crippen LogP contribution in [0.4, 0.5) is 18.9 Å². The van der Waals surface area contributed by atoms with Crippen molar-refractivity contribution < 1.29 is 32.5 Å². The number of carboxylic acids is 1. The van der Waals surface area contributed by atoms with Crippen LogP contribution in [-0.4, -0.2) is 39.0 Å². The highest BCUT2D eigenvalue weighted by atomic mass is 19.4. The quantitative estimate of drug-likeness (QED) is 0.620. The third-order valence-electron chi connectivity index (χ3n) is 3.70. The molecule has 2 aromatic rings. The van der Waals surface area contributed by atoms with Gasteiger partial charge in [0.1, 0.15) is 30.7 Å². The van der Waals surface area contributed by atoms with Gasteiger partial charge >= 0.3 is 6.18 Å². The highest BCUT2D eigenvalue weighted by molar-refractivity contribution is 5.70. The summed E-state index contributed by atoms with van der Waals surface area (Å²) in [6, 6.07) is 16.2. The van der Waals surface area contributed by atoms with Crippen molar-refractivity contribution in [2.45, 2.75) is 26.4 Å². The SMILES string of the molecule is CCCN(C)c1ccccc1OCCOc1ccc(C)cc1.O=C([O-])C(F)(F)F. The molecule has 0 saturated carbocycles. The third-order valence-corrected chi connectivity index (χ3v) is 3.70. The molecule has 0 fully saturated rings. The first-order valence-electron chi connectivity index (χ1n) is 9.05. The zero-order valence-corrected chi connectivity index (χ0v) is 16.7. The van der Waals surface area contributed by atoms with Crippen molar-refractivity contribution in [3.8, 4) is 11.5 Å². The second kappa shape index (κ2) is 11.8. The molecule has 0 spiro atoms. The summed E-state index contributed by atoms with van der Waals surface area (Å²) >= 11 is 0. The van der Waals surface area contributed by atoms with E-state index >= 15 is 0 Å². The van der Waals surface area contributed by atoms with Crippen LogP contribution in [0.2, 0.25) is 0 Å². The van der Waals surface area contributed by atoms with Crippen LogP contribution in [0, 0.1) is 6.92 Å². The van der Waals surface area contributed by atoms with Gasteiger partial charge in [-0.05, 0) is 37.6 Å². The Morgan fingerprint density at radius 3 is 2.14 bits per heavy atom. The number of hydrogen-bond donors (Lipinski definition) is 0. The molecule has 0 saturated heterocycles. The molecule has 0 unspecified atom stereocenters. The number of carboxylic acid groups (broad SMARTS) is 1. The molecule has 0 N–H and O–H groups in total. The summed E-state index contributed by atoms with van der Waals surface area (Å²) in [7, 11) is 2.09. The number of rotatable bonds is 8. The lowest BCUT2D eigenvalue weighted by Gasteiger charge is -2.21. The zero-order chi connectivity index (χ0) is 21.9. The molecule has 0 radical (unpaired) electrons. The number of anilines is 1. The first-order valence-corrected chi connectivity index (χ1v) is 9.05. The number of hydrogen-bond acceptors (Lipinski definition) is 5. The fraction of sp³-hybridized carbons (Fsp3) is 0.381. The second-order valence-electron chi connectivity index (χ2n) is 6.18. The molecule has 2 aromatic carbocycles. The van der Waals surface area contributed by atoms with E-state index in [1.165, 1.54) is 5.56 Å². The molecule has 29 heavy (non-hydrogen) atoms. The van der Waals surface area contributed by atoms with Gasteiger partial charge in [-0.1, -0.05) is 36.8 Å². The van der Waals surface area contributed by atoms with Crippen molar-refractivity contribution in [1.29, 1.82) is 0 Å². The van der Waals surface area contributed by atoms with E-state index in [-0.39, 0.29) is 0 Å². The highest BCUT2D eigenvalue weighted by Crippen LogP contribution is 2.27. The molecular formula is C21H25F3NO4-. The number of ether oxygens (including phenoxy) is 2. The molecule has 0 aliphatic rings. The van der Waals surface area contributed by atoms with Gasteiger partial charge in [0, 0.05) is 13.6 Å². The predicted molar refractivity (Wildman–Crippen MR) is 103 cm³/mol. The number of halogens is 3. The number of alkyl halides is 3. The second-order valence-corrected chi connectivity index (χ2v) is 6.18. The lowest BCUT2D eigenvalue weighted by molar-refractivity contribution is -0.344. The summed E-state index contributed by atoms with van der Waals surface area (Å²) in [6.45, 7) is 6.33. The van der Waals surface area contributed by atoms with E-state index in [2.05, 4.69) is 31.9 Å².